The molecule has 0 unspecified atom stereocenters. The van der Waals surface area contributed by atoms with Gasteiger partial charge in [0.25, 0.3) is 0 Å². The lowest BCUT2D eigenvalue weighted by atomic mass is 10.2. The maximum Gasteiger partial charge on any atom is 0.0736 e. The van der Waals surface area contributed by atoms with Crippen molar-refractivity contribution in [2.45, 2.75) is 10.7 Å². The molecule has 2 N–H and O–H groups in total. The highest BCUT2D eigenvalue weighted by molar-refractivity contribution is 9.24. The summed E-state index contributed by atoms with van der Waals surface area (Å²) in [4.78, 5) is 0. The van der Waals surface area contributed by atoms with E-state index in [-0.39, 0.29) is 3.74 Å². The van der Waals surface area contributed by atoms with Crippen LogP contribution in [-0.2, 0) is 0 Å². The van der Waals surface area contributed by atoms with Crippen molar-refractivity contribution < 1.29 is 5.21 Å². The van der Waals surface area contributed by atoms with Gasteiger partial charge < -0.3 is 5.21 Å². The molecule has 8 heavy (non-hydrogen) atoms. The first-order valence-corrected chi connectivity index (χ1v) is 4.16. The first-order valence-electron chi connectivity index (χ1n) is 2.33. The maximum atomic E-state index is 8.19. The molecule has 0 aliphatic heterocycles. The molecule has 0 saturated carbocycles. The van der Waals surface area contributed by atoms with Gasteiger partial charge in [0, 0.05) is 6.54 Å². The van der Waals surface area contributed by atoms with Crippen LogP contribution in [0, 0.1) is 5.92 Å². The molecule has 0 aromatic rings. The maximum absolute atomic E-state index is 8.19. The van der Waals surface area contributed by atoms with Crippen LogP contribution in [0.3, 0.4) is 0 Å². The van der Waals surface area contributed by atoms with Crippen LogP contribution in [0.1, 0.15) is 6.92 Å². The van der Waals surface area contributed by atoms with Crippen molar-refractivity contribution in [1.29, 1.82) is 0 Å². The highest BCUT2D eigenvalue weighted by Gasteiger charge is 2.07. The first-order chi connectivity index (χ1) is 3.68. The summed E-state index contributed by atoms with van der Waals surface area (Å²) in [7, 11) is 0. The van der Waals surface area contributed by atoms with Gasteiger partial charge in [-0.25, -0.2) is 5.48 Å². The number of halogens is 2. The fraction of sp³-hybridized carbons (Fsp3) is 1.00. The van der Waals surface area contributed by atoms with Crippen LogP contribution in [0.4, 0.5) is 0 Å². The molecule has 0 rings (SSSR count). The normalized spacial score (nSPS) is 14.6. The number of rotatable bonds is 3. The van der Waals surface area contributed by atoms with Crippen LogP contribution in [0.25, 0.3) is 0 Å². The molecule has 0 saturated heterocycles. The zero-order valence-electron chi connectivity index (χ0n) is 4.56. The standard InChI is InChI=1S/C4H9Br2NO/c1-3(2-7-8)4(5)6/h3-4,7-8H,2H2,1H3/t3-/m0/s1. The third-order valence-corrected chi connectivity index (χ3v) is 2.65. The Balaban J connectivity index is 3.17. The van der Waals surface area contributed by atoms with Gasteiger partial charge in [-0.2, -0.15) is 0 Å². The molecule has 0 amide bonds. The molecule has 0 aliphatic rings. The predicted molar refractivity (Wildman–Crippen MR) is 40.6 cm³/mol. The lowest BCUT2D eigenvalue weighted by Crippen LogP contribution is -2.20. The first kappa shape index (κ1) is 8.88. The Labute approximate surface area is 65.9 Å². The van der Waals surface area contributed by atoms with Crippen LogP contribution < -0.4 is 5.48 Å². The number of hydrogen-bond donors (Lipinski definition) is 2. The average molecular weight is 247 g/mol. The summed E-state index contributed by atoms with van der Waals surface area (Å²) in [5.41, 5.74) is 2.09. The number of alkyl halides is 2. The molecule has 0 aromatic carbocycles. The van der Waals surface area contributed by atoms with Crippen LogP contribution >= 0.6 is 31.9 Å². The second kappa shape index (κ2) is 4.73. The fourth-order valence-corrected chi connectivity index (χ4v) is 0.607. The molecular formula is C4H9Br2NO. The molecule has 0 spiro atoms. The van der Waals surface area contributed by atoms with Gasteiger partial charge in [-0.15, -0.1) is 0 Å². The molecular weight excluding hydrogens is 238 g/mol. The van der Waals surface area contributed by atoms with E-state index in [0.29, 0.717) is 12.5 Å². The molecule has 0 aliphatic carbocycles. The van der Waals surface area contributed by atoms with Crippen molar-refractivity contribution in [3.05, 3.63) is 0 Å². The van der Waals surface area contributed by atoms with E-state index in [9.17, 15) is 0 Å². The topological polar surface area (TPSA) is 32.3 Å². The zero-order valence-corrected chi connectivity index (χ0v) is 7.74. The second-order valence-corrected chi connectivity index (χ2v) is 4.88. The summed E-state index contributed by atoms with van der Waals surface area (Å²) in [5, 5.41) is 8.19. The average Bonchev–Trinajstić information content (AvgIpc) is 1.67. The summed E-state index contributed by atoms with van der Waals surface area (Å²) < 4.78 is 0.273. The summed E-state index contributed by atoms with van der Waals surface area (Å²) in [6.45, 7) is 2.61. The second-order valence-electron chi connectivity index (χ2n) is 1.67. The van der Waals surface area contributed by atoms with Crippen molar-refractivity contribution in [2.75, 3.05) is 6.54 Å². The van der Waals surface area contributed by atoms with E-state index in [1.165, 1.54) is 0 Å². The van der Waals surface area contributed by atoms with Crippen molar-refractivity contribution in [3.8, 4) is 0 Å². The predicted octanol–water partition coefficient (Wildman–Crippen LogP) is 1.72. The van der Waals surface area contributed by atoms with Gasteiger partial charge >= 0.3 is 0 Å². The molecule has 4 heteroatoms. The molecule has 0 aromatic heterocycles. The molecule has 50 valence electrons. The molecule has 0 heterocycles. The Bertz CT molecular complexity index is 60.0. The Morgan fingerprint density at radius 3 is 2.25 bits per heavy atom. The minimum absolute atomic E-state index is 0.273. The van der Waals surface area contributed by atoms with Gasteiger partial charge in [0.15, 0.2) is 0 Å². The number of nitrogens with one attached hydrogen (secondary N) is 1. The van der Waals surface area contributed by atoms with E-state index in [4.69, 9.17) is 5.21 Å². The lowest BCUT2D eigenvalue weighted by Gasteiger charge is -2.09. The van der Waals surface area contributed by atoms with Crippen molar-refractivity contribution >= 4 is 31.9 Å². The monoisotopic (exact) mass is 245 g/mol. The summed E-state index contributed by atoms with van der Waals surface area (Å²) in [6, 6.07) is 0. The molecule has 0 fully saturated rings. The quantitative estimate of drug-likeness (QED) is 0.587. The van der Waals surface area contributed by atoms with Gasteiger partial charge in [0.05, 0.1) is 3.74 Å². The van der Waals surface area contributed by atoms with Crippen molar-refractivity contribution in [1.82, 2.24) is 5.48 Å². The minimum Gasteiger partial charge on any atom is -0.317 e. The smallest absolute Gasteiger partial charge is 0.0736 e. The highest BCUT2D eigenvalue weighted by atomic mass is 79.9. The van der Waals surface area contributed by atoms with Crippen molar-refractivity contribution in [2.24, 2.45) is 5.92 Å². The molecule has 2 nitrogen and oxygen atoms in total. The van der Waals surface area contributed by atoms with Crippen molar-refractivity contribution in [3.63, 3.8) is 0 Å². The summed E-state index contributed by atoms with van der Waals surface area (Å²) >= 11 is 6.61. The minimum atomic E-state index is 0.273. The molecule has 1 atom stereocenters. The number of hydrogen-bond acceptors (Lipinski definition) is 2. The van der Waals surface area contributed by atoms with E-state index in [1.807, 2.05) is 6.92 Å². The Morgan fingerprint density at radius 1 is 1.62 bits per heavy atom. The Morgan fingerprint density at radius 2 is 2.12 bits per heavy atom. The highest BCUT2D eigenvalue weighted by Crippen LogP contribution is 2.17. The van der Waals surface area contributed by atoms with E-state index < -0.39 is 0 Å². The van der Waals surface area contributed by atoms with Crippen LogP contribution in [0.5, 0.6) is 0 Å². The molecule has 0 radical (unpaired) electrons. The third kappa shape index (κ3) is 3.83. The van der Waals surface area contributed by atoms with Crippen LogP contribution in [-0.4, -0.2) is 15.5 Å². The van der Waals surface area contributed by atoms with E-state index in [0.717, 1.165) is 0 Å². The third-order valence-electron chi connectivity index (χ3n) is 0.843. The molecule has 0 bridgehead atoms. The van der Waals surface area contributed by atoms with Gasteiger partial charge in [-0.05, 0) is 5.92 Å². The van der Waals surface area contributed by atoms with E-state index in [2.05, 4.69) is 37.3 Å². The fourth-order valence-electron chi connectivity index (χ4n) is 0.233. The van der Waals surface area contributed by atoms with Gasteiger partial charge in [0.1, 0.15) is 0 Å². The van der Waals surface area contributed by atoms with Crippen LogP contribution in [0.15, 0.2) is 0 Å². The van der Waals surface area contributed by atoms with E-state index >= 15 is 0 Å². The number of hydroxylamine groups is 1. The van der Waals surface area contributed by atoms with Crippen LogP contribution in [0.2, 0.25) is 0 Å². The Hall–Kier alpha value is 0.880. The zero-order chi connectivity index (χ0) is 6.57. The van der Waals surface area contributed by atoms with E-state index in [1.54, 1.807) is 0 Å². The summed E-state index contributed by atoms with van der Waals surface area (Å²) in [6.07, 6.45) is 0. The largest absolute Gasteiger partial charge is 0.317 e. The van der Waals surface area contributed by atoms with Gasteiger partial charge in [-0.1, -0.05) is 38.8 Å². The lowest BCUT2D eigenvalue weighted by molar-refractivity contribution is 0.154. The van der Waals surface area contributed by atoms with Gasteiger partial charge in [0.2, 0.25) is 0 Å². The SMILES string of the molecule is C[C@@H](CNO)C(Br)Br. The Kier molecular flexibility index (Phi) is 5.25. The summed E-state index contributed by atoms with van der Waals surface area (Å²) in [5.74, 6) is 0.389. The van der Waals surface area contributed by atoms with Gasteiger partial charge in [-0.3, -0.25) is 0 Å².